The van der Waals surface area contributed by atoms with Gasteiger partial charge in [0.15, 0.2) is 0 Å². The van der Waals surface area contributed by atoms with E-state index in [0.717, 1.165) is 12.0 Å². The van der Waals surface area contributed by atoms with E-state index in [1.165, 1.54) is 0 Å². The van der Waals surface area contributed by atoms with Gasteiger partial charge in [0.2, 0.25) is 0 Å². The molecule has 2 rings (SSSR count). The highest BCUT2D eigenvalue weighted by molar-refractivity contribution is 7.87. The molecule has 0 heterocycles. The predicted molar refractivity (Wildman–Crippen MR) is 84.2 cm³/mol. The molecule has 0 fully saturated rings. The summed E-state index contributed by atoms with van der Waals surface area (Å²) in [6.45, 7) is 0.265. The van der Waals surface area contributed by atoms with Crippen LogP contribution in [0.2, 0.25) is 0 Å². The van der Waals surface area contributed by atoms with E-state index in [1.807, 2.05) is 0 Å². The molecule has 1 aliphatic carbocycles. The van der Waals surface area contributed by atoms with Gasteiger partial charge in [0.1, 0.15) is 11.5 Å². The van der Waals surface area contributed by atoms with Crippen LogP contribution in [-0.2, 0) is 25.6 Å². The van der Waals surface area contributed by atoms with Crippen molar-refractivity contribution in [3.05, 3.63) is 41.2 Å². The second-order valence-corrected chi connectivity index (χ2v) is 7.10. The number of allylic oxidation sites excluding steroid dienone is 1. The molecule has 1 aliphatic rings. The zero-order valence-electron chi connectivity index (χ0n) is 13.6. The quantitative estimate of drug-likeness (QED) is 0.530. The summed E-state index contributed by atoms with van der Waals surface area (Å²) in [7, 11) is -4.09. The van der Waals surface area contributed by atoms with Crippen LogP contribution in [0.4, 0.5) is 13.2 Å². The minimum atomic E-state index is -5.64. The molecular formula is C16H19F3O5S. The van der Waals surface area contributed by atoms with E-state index < -0.39 is 15.6 Å². The van der Waals surface area contributed by atoms with Gasteiger partial charge in [-0.2, -0.15) is 21.6 Å². The molecule has 0 radical (unpaired) electrons. The van der Waals surface area contributed by atoms with Crippen LogP contribution in [0.5, 0.6) is 5.75 Å². The molecule has 0 aliphatic heterocycles. The van der Waals surface area contributed by atoms with Crippen molar-refractivity contribution in [1.29, 1.82) is 0 Å². The SMILES string of the molecule is COc1ccc(COCC2=C(OS(=O)(=O)C(F)(F)F)CCCC2)cc1. The summed E-state index contributed by atoms with van der Waals surface area (Å²) < 4.78 is 74.7. The number of rotatable bonds is 7. The zero-order chi connectivity index (χ0) is 18.5. The summed E-state index contributed by atoms with van der Waals surface area (Å²) in [6.07, 6.45) is 1.92. The lowest BCUT2D eigenvalue weighted by molar-refractivity contribution is -0.0525. The number of hydrogen-bond acceptors (Lipinski definition) is 5. The van der Waals surface area contributed by atoms with Gasteiger partial charge in [-0.25, -0.2) is 0 Å². The number of benzene rings is 1. The maximum Gasteiger partial charge on any atom is 0.534 e. The van der Waals surface area contributed by atoms with E-state index in [1.54, 1.807) is 31.4 Å². The Labute approximate surface area is 144 Å². The van der Waals surface area contributed by atoms with Crippen molar-refractivity contribution in [3.8, 4) is 5.75 Å². The number of hydrogen-bond donors (Lipinski definition) is 0. The fraction of sp³-hybridized carbons (Fsp3) is 0.500. The van der Waals surface area contributed by atoms with Gasteiger partial charge in [-0.3, -0.25) is 0 Å². The van der Waals surface area contributed by atoms with E-state index >= 15 is 0 Å². The van der Waals surface area contributed by atoms with Crippen molar-refractivity contribution < 1.29 is 35.2 Å². The predicted octanol–water partition coefficient (Wildman–Crippen LogP) is 3.91. The third-order valence-corrected chi connectivity index (χ3v) is 4.71. The van der Waals surface area contributed by atoms with Crippen LogP contribution in [0.1, 0.15) is 31.2 Å². The molecule has 140 valence electrons. The van der Waals surface area contributed by atoms with Crippen molar-refractivity contribution in [2.24, 2.45) is 0 Å². The highest BCUT2D eigenvalue weighted by Crippen LogP contribution is 2.32. The summed E-state index contributed by atoms with van der Waals surface area (Å²) >= 11 is 0. The van der Waals surface area contributed by atoms with Gasteiger partial charge in [-0.15, -0.1) is 0 Å². The minimum Gasteiger partial charge on any atom is -0.497 e. The van der Waals surface area contributed by atoms with Gasteiger partial charge in [-0.1, -0.05) is 12.1 Å². The van der Waals surface area contributed by atoms with E-state index in [9.17, 15) is 21.6 Å². The molecule has 0 aromatic heterocycles. The standard InChI is InChI=1S/C16H19F3O5S/c1-22-14-8-6-12(7-9-14)10-23-11-13-4-2-3-5-15(13)24-25(20,21)16(17,18)19/h6-9H,2-5,10-11H2,1H3. The lowest BCUT2D eigenvalue weighted by atomic mass is 9.98. The van der Waals surface area contributed by atoms with Gasteiger partial charge in [0, 0.05) is 6.42 Å². The third kappa shape index (κ3) is 5.37. The molecule has 1 aromatic rings. The largest absolute Gasteiger partial charge is 0.534 e. The van der Waals surface area contributed by atoms with Crippen molar-refractivity contribution in [2.75, 3.05) is 13.7 Å². The summed E-state index contributed by atoms with van der Waals surface area (Å²) in [5.74, 6) is 0.546. The second kappa shape index (κ2) is 8.09. The molecule has 0 saturated carbocycles. The van der Waals surface area contributed by atoms with Crippen molar-refractivity contribution in [1.82, 2.24) is 0 Å². The maximum atomic E-state index is 12.5. The van der Waals surface area contributed by atoms with E-state index in [0.29, 0.717) is 24.2 Å². The lowest BCUT2D eigenvalue weighted by Gasteiger charge is -2.21. The normalized spacial score (nSPS) is 16.0. The zero-order valence-corrected chi connectivity index (χ0v) is 14.5. The Bertz CT molecular complexity index is 708. The monoisotopic (exact) mass is 380 g/mol. The Hall–Kier alpha value is -1.74. The van der Waals surface area contributed by atoms with Crippen LogP contribution in [-0.4, -0.2) is 27.6 Å². The lowest BCUT2D eigenvalue weighted by Crippen LogP contribution is -2.26. The number of alkyl halides is 3. The first-order valence-corrected chi connectivity index (χ1v) is 9.06. The average Bonchev–Trinajstić information content (AvgIpc) is 2.56. The van der Waals surface area contributed by atoms with Crippen LogP contribution in [0.25, 0.3) is 0 Å². The molecule has 0 saturated heterocycles. The summed E-state index contributed by atoms with van der Waals surface area (Å²) in [4.78, 5) is 0. The van der Waals surface area contributed by atoms with Gasteiger partial charge < -0.3 is 13.7 Å². The van der Waals surface area contributed by atoms with Crippen molar-refractivity contribution >= 4 is 10.1 Å². The fourth-order valence-electron chi connectivity index (χ4n) is 2.39. The number of ether oxygens (including phenoxy) is 2. The molecule has 9 heteroatoms. The fourth-order valence-corrected chi connectivity index (χ4v) is 2.95. The maximum absolute atomic E-state index is 12.5. The molecule has 1 aromatic carbocycles. The summed E-state index contributed by atoms with van der Waals surface area (Å²) in [5, 5.41) is 0. The summed E-state index contributed by atoms with van der Waals surface area (Å²) in [5.41, 5.74) is -4.12. The topological polar surface area (TPSA) is 61.8 Å². The van der Waals surface area contributed by atoms with Crippen LogP contribution in [0, 0.1) is 0 Å². The van der Waals surface area contributed by atoms with E-state index in [4.69, 9.17) is 9.47 Å². The smallest absolute Gasteiger partial charge is 0.497 e. The Balaban J connectivity index is 2.00. The number of methoxy groups -OCH3 is 1. The molecule has 0 amide bonds. The Morgan fingerprint density at radius 1 is 1.04 bits per heavy atom. The molecule has 25 heavy (non-hydrogen) atoms. The Morgan fingerprint density at radius 2 is 1.68 bits per heavy atom. The number of halogens is 3. The van der Waals surface area contributed by atoms with E-state index in [-0.39, 0.29) is 25.4 Å². The first-order chi connectivity index (χ1) is 11.7. The van der Waals surface area contributed by atoms with Gasteiger partial charge in [0.25, 0.3) is 0 Å². The Kier molecular flexibility index (Phi) is 6.34. The Morgan fingerprint density at radius 3 is 2.28 bits per heavy atom. The highest BCUT2D eigenvalue weighted by Gasteiger charge is 2.49. The van der Waals surface area contributed by atoms with Gasteiger partial charge in [-0.05, 0) is 42.5 Å². The summed E-state index contributed by atoms with van der Waals surface area (Å²) in [6, 6.07) is 7.14. The molecular weight excluding hydrogens is 361 g/mol. The molecule has 0 bridgehead atoms. The van der Waals surface area contributed by atoms with Crippen LogP contribution in [0.15, 0.2) is 35.6 Å². The second-order valence-electron chi connectivity index (χ2n) is 5.56. The minimum absolute atomic E-state index is 0.0226. The van der Waals surface area contributed by atoms with Crippen molar-refractivity contribution in [3.63, 3.8) is 0 Å². The van der Waals surface area contributed by atoms with Crippen LogP contribution in [0.3, 0.4) is 0 Å². The van der Waals surface area contributed by atoms with Crippen molar-refractivity contribution in [2.45, 2.75) is 37.8 Å². The van der Waals surface area contributed by atoms with E-state index in [2.05, 4.69) is 4.18 Å². The molecule has 0 spiro atoms. The first-order valence-electron chi connectivity index (χ1n) is 7.65. The molecule has 0 atom stereocenters. The van der Waals surface area contributed by atoms with Gasteiger partial charge in [0.05, 0.1) is 20.3 Å². The third-order valence-electron chi connectivity index (χ3n) is 3.72. The van der Waals surface area contributed by atoms with Crippen LogP contribution >= 0.6 is 0 Å². The van der Waals surface area contributed by atoms with Gasteiger partial charge >= 0.3 is 15.6 Å². The van der Waals surface area contributed by atoms with Crippen LogP contribution < -0.4 is 4.74 Å². The average molecular weight is 380 g/mol. The molecule has 0 N–H and O–H groups in total. The molecule has 5 nitrogen and oxygen atoms in total. The first kappa shape index (κ1) is 19.6. The molecule has 0 unspecified atom stereocenters. The highest BCUT2D eigenvalue weighted by atomic mass is 32.2.